The summed E-state index contributed by atoms with van der Waals surface area (Å²) < 4.78 is 0. The first-order valence-electron chi connectivity index (χ1n) is 11.7. The number of aliphatic hydroxyl groups excluding tert-OH is 2. The number of hydrogen-bond acceptors (Lipinski definition) is 3. The van der Waals surface area contributed by atoms with Crippen molar-refractivity contribution in [2.24, 2.45) is 34.5 Å². The van der Waals surface area contributed by atoms with E-state index >= 15 is 0 Å². The predicted molar refractivity (Wildman–Crippen MR) is 117 cm³/mol. The second-order valence-corrected chi connectivity index (χ2v) is 10.6. The number of hydrogen-bond donors (Lipinski definition) is 4. The highest BCUT2D eigenvalue weighted by Gasteiger charge is 2.56. The number of nitrogens with one attached hydrogen (secondary N) is 2. The lowest BCUT2D eigenvalue weighted by atomic mass is 9.49. The van der Waals surface area contributed by atoms with Crippen LogP contribution in [-0.2, 0) is 6.54 Å². The highest BCUT2D eigenvalue weighted by Crippen LogP contribution is 2.63. The highest BCUT2D eigenvalue weighted by atomic mass is 16.3. The van der Waals surface area contributed by atoms with Crippen LogP contribution in [0.1, 0.15) is 64.5 Å². The van der Waals surface area contributed by atoms with Crippen LogP contribution >= 0.6 is 0 Å². The van der Waals surface area contributed by atoms with Crippen LogP contribution < -0.4 is 5.32 Å². The Kier molecular flexibility index (Phi) is 5.98. The zero-order chi connectivity index (χ0) is 20.6. The van der Waals surface area contributed by atoms with Gasteiger partial charge in [0, 0.05) is 25.0 Å². The molecule has 3 saturated carbocycles. The van der Waals surface area contributed by atoms with Crippen LogP contribution in [0, 0.1) is 34.5 Å². The Morgan fingerprint density at radius 2 is 2.03 bits per heavy atom. The number of H-pyrrole nitrogens is 1. The van der Waals surface area contributed by atoms with Crippen LogP contribution in [0.15, 0.2) is 30.5 Å². The molecule has 0 bridgehead atoms. The monoisotopic (exact) mass is 400 g/mol. The van der Waals surface area contributed by atoms with Crippen LogP contribution in [0.2, 0.25) is 0 Å². The molecule has 1 aromatic heterocycles. The molecule has 162 valence electrons. The number of allylic oxidation sites excluding steroid dienone is 1. The molecule has 0 radical (unpaired) electrons. The minimum absolute atomic E-state index is 0.109. The summed E-state index contributed by atoms with van der Waals surface area (Å²) in [6.45, 7) is 11.4. The molecule has 3 fully saturated rings. The van der Waals surface area contributed by atoms with E-state index < -0.39 is 0 Å². The molecule has 1 heterocycles. The minimum atomic E-state index is -0.246. The lowest BCUT2D eigenvalue weighted by Gasteiger charge is -2.56. The van der Waals surface area contributed by atoms with Crippen molar-refractivity contribution in [1.82, 2.24) is 10.3 Å². The van der Waals surface area contributed by atoms with Gasteiger partial charge >= 0.3 is 0 Å². The lowest BCUT2D eigenvalue weighted by molar-refractivity contribution is -0.0933. The molecule has 4 heteroatoms. The fourth-order valence-electron chi connectivity index (χ4n) is 7.32. The summed E-state index contributed by atoms with van der Waals surface area (Å²) in [6, 6.07) is 4.19. The highest BCUT2D eigenvalue weighted by molar-refractivity contribution is 5.21. The second-order valence-electron chi connectivity index (χ2n) is 10.6. The van der Waals surface area contributed by atoms with E-state index in [4.69, 9.17) is 0 Å². The SMILES string of the molecule is C=C1CCC2C(CNCc3ccc[nH]3)C(C3(C)CCC(O)CC3CO)CCC12C. The van der Waals surface area contributed by atoms with E-state index in [1.165, 1.54) is 37.0 Å². The maximum Gasteiger partial charge on any atom is 0.0544 e. The molecule has 3 aliphatic rings. The summed E-state index contributed by atoms with van der Waals surface area (Å²) in [4.78, 5) is 3.30. The molecular weight excluding hydrogens is 360 g/mol. The fraction of sp³-hybridized carbons (Fsp3) is 0.760. The molecule has 29 heavy (non-hydrogen) atoms. The van der Waals surface area contributed by atoms with E-state index in [1.54, 1.807) is 0 Å². The molecule has 0 saturated heterocycles. The quantitative estimate of drug-likeness (QED) is 0.539. The molecular formula is C25H40N2O2. The van der Waals surface area contributed by atoms with Crippen molar-refractivity contribution in [3.05, 3.63) is 36.2 Å². The van der Waals surface area contributed by atoms with E-state index in [0.717, 1.165) is 32.4 Å². The molecule has 4 N–H and O–H groups in total. The summed E-state index contributed by atoms with van der Waals surface area (Å²) >= 11 is 0. The fourth-order valence-corrected chi connectivity index (χ4v) is 7.32. The predicted octanol–water partition coefficient (Wildman–Crippen LogP) is 4.26. The van der Waals surface area contributed by atoms with Gasteiger partial charge in [-0.15, -0.1) is 0 Å². The summed E-state index contributed by atoms with van der Waals surface area (Å²) in [5.41, 5.74) is 3.07. The summed E-state index contributed by atoms with van der Waals surface area (Å²) in [6.07, 6.45) is 9.25. The largest absolute Gasteiger partial charge is 0.396 e. The van der Waals surface area contributed by atoms with Gasteiger partial charge in [0.2, 0.25) is 0 Å². The smallest absolute Gasteiger partial charge is 0.0544 e. The van der Waals surface area contributed by atoms with Crippen molar-refractivity contribution >= 4 is 0 Å². The van der Waals surface area contributed by atoms with E-state index in [9.17, 15) is 10.2 Å². The van der Waals surface area contributed by atoms with Gasteiger partial charge in [-0.3, -0.25) is 0 Å². The van der Waals surface area contributed by atoms with E-state index in [2.05, 4.69) is 42.9 Å². The van der Waals surface area contributed by atoms with Crippen LogP contribution in [0.25, 0.3) is 0 Å². The topological polar surface area (TPSA) is 68.3 Å². The van der Waals surface area contributed by atoms with Gasteiger partial charge in [-0.05, 0) is 98.1 Å². The van der Waals surface area contributed by atoms with Crippen molar-refractivity contribution in [2.45, 2.75) is 71.4 Å². The normalized spacial score (nSPS) is 42.8. The summed E-state index contributed by atoms with van der Waals surface area (Å²) in [5, 5.41) is 24.2. The molecule has 4 rings (SSSR count). The molecule has 7 unspecified atom stereocenters. The van der Waals surface area contributed by atoms with E-state index in [1.807, 2.05) is 6.20 Å². The Bertz CT molecular complexity index is 702. The average Bonchev–Trinajstić information content (AvgIpc) is 3.32. The molecule has 7 atom stereocenters. The van der Waals surface area contributed by atoms with Gasteiger partial charge in [0.05, 0.1) is 6.10 Å². The molecule has 0 amide bonds. The second kappa shape index (κ2) is 8.20. The maximum atomic E-state index is 10.2. The van der Waals surface area contributed by atoms with Gasteiger partial charge < -0.3 is 20.5 Å². The Hall–Kier alpha value is -1.10. The van der Waals surface area contributed by atoms with Crippen molar-refractivity contribution in [3.8, 4) is 0 Å². The first-order chi connectivity index (χ1) is 13.9. The molecule has 0 spiro atoms. The summed E-state index contributed by atoms with van der Waals surface area (Å²) in [7, 11) is 0. The molecule has 0 aromatic carbocycles. The Balaban J connectivity index is 1.57. The van der Waals surface area contributed by atoms with Crippen molar-refractivity contribution in [3.63, 3.8) is 0 Å². The third-order valence-electron chi connectivity index (χ3n) is 9.32. The number of aromatic amines is 1. The van der Waals surface area contributed by atoms with Gasteiger partial charge in [0.15, 0.2) is 0 Å². The van der Waals surface area contributed by atoms with Crippen LogP contribution in [0.5, 0.6) is 0 Å². The number of rotatable bonds is 6. The number of aliphatic hydroxyl groups is 2. The Morgan fingerprint density at radius 1 is 1.21 bits per heavy atom. The maximum absolute atomic E-state index is 10.2. The van der Waals surface area contributed by atoms with Gasteiger partial charge in [-0.25, -0.2) is 0 Å². The Morgan fingerprint density at radius 3 is 2.76 bits per heavy atom. The van der Waals surface area contributed by atoms with Gasteiger partial charge in [0.25, 0.3) is 0 Å². The third kappa shape index (κ3) is 3.73. The summed E-state index contributed by atoms with van der Waals surface area (Å²) in [5.74, 6) is 2.06. The molecule has 3 aliphatic carbocycles. The van der Waals surface area contributed by atoms with Crippen molar-refractivity contribution in [2.75, 3.05) is 13.2 Å². The minimum Gasteiger partial charge on any atom is -0.396 e. The van der Waals surface area contributed by atoms with Gasteiger partial charge in [-0.1, -0.05) is 26.0 Å². The number of fused-ring (bicyclic) bond motifs is 1. The zero-order valence-corrected chi connectivity index (χ0v) is 18.3. The Labute approximate surface area is 176 Å². The van der Waals surface area contributed by atoms with Gasteiger partial charge in [-0.2, -0.15) is 0 Å². The average molecular weight is 401 g/mol. The van der Waals surface area contributed by atoms with E-state index in [-0.39, 0.29) is 29.5 Å². The van der Waals surface area contributed by atoms with E-state index in [0.29, 0.717) is 17.8 Å². The van der Waals surface area contributed by atoms with Crippen LogP contribution in [0.3, 0.4) is 0 Å². The first kappa shape index (κ1) is 21.1. The van der Waals surface area contributed by atoms with Crippen molar-refractivity contribution < 1.29 is 10.2 Å². The number of aromatic nitrogens is 1. The zero-order valence-electron chi connectivity index (χ0n) is 18.3. The third-order valence-corrected chi connectivity index (χ3v) is 9.32. The first-order valence-corrected chi connectivity index (χ1v) is 11.7. The van der Waals surface area contributed by atoms with Crippen LogP contribution in [0.4, 0.5) is 0 Å². The van der Waals surface area contributed by atoms with Crippen molar-refractivity contribution in [1.29, 1.82) is 0 Å². The molecule has 1 aromatic rings. The lowest BCUT2D eigenvalue weighted by Crippen LogP contribution is -2.53. The molecule has 0 aliphatic heterocycles. The van der Waals surface area contributed by atoms with Crippen LogP contribution in [-0.4, -0.2) is 34.5 Å². The standard InChI is InChI=1S/C25H40N2O2/c1-17-6-7-22-21(15-26-14-19-5-4-12-27-19)23(9-11-24(17,22)2)25(3)10-8-20(29)13-18(25)16-28/h4-5,12,18,20-23,26-29H,1,6-11,13-16H2,2-3H3. The van der Waals surface area contributed by atoms with Gasteiger partial charge in [0.1, 0.15) is 0 Å². The molecule has 4 nitrogen and oxygen atoms in total.